The number of aromatic hydroxyl groups is 1. The van der Waals surface area contributed by atoms with E-state index in [4.69, 9.17) is 5.73 Å². The number of carbonyl (C=O) groups is 3. The molecule has 242 valence electrons. The van der Waals surface area contributed by atoms with Gasteiger partial charge in [-0.25, -0.2) is 0 Å². The van der Waals surface area contributed by atoms with Gasteiger partial charge in [-0.1, -0.05) is 0 Å². The van der Waals surface area contributed by atoms with Crippen LogP contribution in [0.1, 0.15) is 67.8 Å². The van der Waals surface area contributed by atoms with Gasteiger partial charge in [0.2, 0.25) is 0 Å². The molecule has 44 heavy (non-hydrogen) atoms. The lowest BCUT2D eigenvalue weighted by molar-refractivity contribution is 0.0822. The van der Waals surface area contributed by atoms with Gasteiger partial charge in [-0.15, -0.1) is 34.0 Å². The minimum Gasteiger partial charge on any atom is -0.504 e. The van der Waals surface area contributed by atoms with Gasteiger partial charge in [0.05, 0.1) is 28.7 Å². The summed E-state index contributed by atoms with van der Waals surface area (Å²) in [5.74, 6) is -0.318. The molecule has 0 aliphatic heterocycles. The number of thiophene rings is 3. The molecule has 0 aromatic carbocycles. The number of nitrogens with zero attached hydrogens (tertiary/aromatic N) is 5. The van der Waals surface area contributed by atoms with Crippen molar-refractivity contribution in [2.24, 2.45) is 9.98 Å². The topological polar surface area (TPSA) is 132 Å². The molecule has 3 rings (SSSR count). The maximum Gasteiger partial charge on any atom is 0.267 e. The van der Waals surface area contributed by atoms with Gasteiger partial charge in [-0.3, -0.25) is 24.4 Å². The zero-order valence-corrected chi connectivity index (χ0v) is 32.7. The highest BCUT2D eigenvalue weighted by atomic mass is 79.9. The zero-order chi connectivity index (χ0) is 34.2. The van der Waals surface area contributed by atoms with Gasteiger partial charge in [0.25, 0.3) is 17.7 Å². The fourth-order valence-electron chi connectivity index (χ4n) is 3.16. The molecule has 0 aliphatic rings. The highest BCUT2D eigenvalue weighted by molar-refractivity contribution is 9.11. The van der Waals surface area contributed by atoms with Crippen molar-refractivity contribution in [1.29, 1.82) is 0 Å². The molecule has 0 aliphatic carbocycles. The number of hydrogen-bond donors (Lipinski definition) is 2. The predicted octanol–water partition coefficient (Wildman–Crippen LogP) is 8.00. The summed E-state index contributed by atoms with van der Waals surface area (Å²) < 4.78 is 1.49. The zero-order valence-electron chi connectivity index (χ0n) is 27.0. The molecule has 0 fully saturated rings. The summed E-state index contributed by atoms with van der Waals surface area (Å²) in [6, 6.07) is 0. The van der Waals surface area contributed by atoms with Crippen LogP contribution in [0.25, 0.3) is 0 Å². The molecule has 15 heteroatoms. The van der Waals surface area contributed by atoms with Crippen molar-refractivity contribution in [2.45, 2.75) is 41.5 Å². The quantitative estimate of drug-likeness (QED) is 0.253. The Labute approximate surface area is 288 Å². The van der Waals surface area contributed by atoms with Crippen LogP contribution in [0, 0.1) is 13.8 Å². The Hall–Kier alpha value is -2.59. The van der Waals surface area contributed by atoms with Gasteiger partial charge in [-0.2, -0.15) is 0 Å². The third-order valence-electron chi connectivity index (χ3n) is 5.44. The van der Waals surface area contributed by atoms with Gasteiger partial charge in [-0.05, 0) is 84.5 Å². The van der Waals surface area contributed by atoms with E-state index >= 15 is 0 Å². The molecule has 10 nitrogen and oxygen atoms in total. The van der Waals surface area contributed by atoms with Crippen LogP contribution in [0.4, 0.5) is 17.1 Å². The summed E-state index contributed by atoms with van der Waals surface area (Å²) in [5.41, 5.74) is 11.4. The van der Waals surface area contributed by atoms with Gasteiger partial charge in [0, 0.05) is 59.1 Å². The van der Waals surface area contributed by atoms with Crippen LogP contribution in [0.3, 0.4) is 0 Å². The summed E-state index contributed by atoms with van der Waals surface area (Å²) in [7, 11) is 10.3. The Morgan fingerprint density at radius 3 is 1.57 bits per heavy atom. The molecule has 3 heterocycles. The second-order valence-electron chi connectivity index (χ2n) is 10.4. The van der Waals surface area contributed by atoms with E-state index in [2.05, 4.69) is 41.8 Å². The van der Waals surface area contributed by atoms with Crippen molar-refractivity contribution < 1.29 is 19.5 Å². The number of hydrogen-bond acceptors (Lipinski definition) is 10. The van der Waals surface area contributed by atoms with Crippen LogP contribution in [-0.2, 0) is 0 Å². The van der Waals surface area contributed by atoms with E-state index in [-0.39, 0.29) is 34.0 Å². The lowest BCUT2D eigenvalue weighted by atomic mass is 10.2. The average Bonchev–Trinajstić information content (AvgIpc) is 3.51. The molecule has 0 atom stereocenters. The van der Waals surface area contributed by atoms with E-state index in [0.29, 0.717) is 3.79 Å². The molecule has 0 unspecified atom stereocenters. The molecular weight excluding hydrogens is 752 g/mol. The van der Waals surface area contributed by atoms with Gasteiger partial charge < -0.3 is 25.5 Å². The molecule has 3 amide bonds. The van der Waals surface area contributed by atoms with Crippen LogP contribution in [0.2, 0.25) is 0 Å². The molecule has 0 radical (unpaired) electrons. The molecule has 3 aromatic rings. The first-order valence-corrected chi connectivity index (χ1v) is 17.1. The first-order chi connectivity index (χ1) is 20.2. The van der Waals surface area contributed by atoms with E-state index in [1.165, 1.54) is 27.6 Å². The highest BCUT2D eigenvalue weighted by Gasteiger charge is 2.21. The number of aliphatic imine (C=N–C) groups is 2. The average molecular weight is 793 g/mol. The first-order valence-electron chi connectivity index (χ1n) is 13.0. The molecule has 0 saturated heterocycles. The van der Waals surface area contributed by atoms with Crippen molar-refractivity contribution in [2.75, 3.05) is 48.0 Å². The van der Waals surface area contributed by atoms with Gasteiger partial charge >= 0.3 is 0 Å². The van der Waals surface area contributed by atoms with E-state index in [1.807, 2.05) is 46.9 Å². The van der Waals surface area contributed by atoms with Crippen LogP contribution in [0.5, 0.6) is 5.75 Å². The highest BCUT2D eigenvalue weighted by Crippen LogP contribution is 2.41. The van der Waals surface area contributed by atoms with Crippen molar-refractivity contribution in [3.63, 3.8) is 0 Å². The minimum absolute atomic E-state index is 0.0263. The molecule has 0 spiro atoms. The van der Waals surface area contributed by atoms with Crippen LogP contribution < -0.4 is 5.73 Å². The normalized spacial score (nSPS) is 10.0. The van der Waals surface area contributed by atoms with E-state index in [9.17, 15) is 19.5 Å². The van der Waals surface area contributed by atoms with Gasteiger partial charge in [0.1, 0.15) is 10.6 Å². The Morgan fingerprint density at radius 1 is 0.727 bits per heavy atom. The van der Waals surface area contributed by atoms with Crippen molar-refractivity contribution in [1.82, 2.24) is 14.7 Å². The Balaban J connectivity index is 0.000000332. The largest absolute Gasteiger partial charge is 0.504 e. The fraction of sp³-hybridized carbons (Fsp3) is 0.414. The van der Waals surface area contributed by atoms with E-state index in [0.717, 1.165) is 58.8 Å². The second-order valence-corrected chi connectivity index (χ2v) is 16.0. The predicted molar refractivity (Wildman–Crippen MR) is 195 cm³/mol. The standard InChI is InChI=1S/C11H15BrN2OS.C11H16N2OS.C7H9BrN2O2S/c1-6(2)13-8-7(3)9(16-10(8)12)11(15)14(4)5;1-7(2)12-9-6-15-10(8(9)3)11(14)13(4)5;1-10(2)7(12)5-4(11)3(9)6(8)13-5/h1-5H3;6H,1-5H3;11H,9H2,1-2H3. The van der Waals surface area contributed by atoms with E-state index in [1.54, 1.807) is 52.1 Å². The lowest BCUT2D eigenvalue weighted by Gasteiger charge is -2.08. The summed E-state index contributed by atoms with van der Waals surface area (Å²) in [6.45, 7) is 11.7. The van der Waals surface area contributed by atoms with Crippen molar-refractivity contribution >= 4 is 112 Å². The number of nitrogen functional groups attached to an aromatic ring is 1. The molecule has 0 bridgehead atoms. The van der Waals surface area contributed by atoms with E-state index < -0.39 is 0 Å². The van der Waals surface area contributed by atoms with Crippen molar-refractivity contribution in [3.05, 3.63) is 38.7 Å². The second kappa shape index (κ2) is 17.2. The SMILES string of the molecule is CC(C)=Nc1c(Br)sc(C(=O)N(C)C)c1C.CC(C)=Nc1csc(C(=O)N(C)C)c1C.CN(C)C(=O)c1sc(Br)c(N)c1O. The Morgan fingerprint density at radius 2 is 1.16 bits per heavy atom. The van der Waals surface area contributed by atoms with Gasteiger partial charge in [0.15, 0.2) is 5.75 Å². The van der Waals surface area contributed by atoms with Crippen LogP contribution in [0.15, 0.2) is 22.9 Å². The first kappa shape index (κ1) is 39.4. The summed E-state index contributed by atoms with van der Waals surface area (Å²) >= 11 is 10.6. The molecular formula is C29H40Br2N6O4S3. The monoisotopic (exact) mass is 790 g/mol. The third-order valence-corrected chi connectivity index (χ3v) is 10.3. The number of amides is 3. The Bertz CT molecular complexity index is 1560. The molecule has 0 saturated carbocycles. The smallest absolute Gasteiger partial charge is 0.267 e. The molecule has 3 N–H and O–H groups in total. The summed E-state index contributed by atoms with van der Waals surface area (Å²) in [4.78, 5) is 50.2. The Kier molecular flexibility index (Phi) is 15.4. The number of anilines is 1. The van der Waals surface area contributed by atoms with Crippen LogP contribution >= 0.6 is 65.9 Å². The fourth-order valence-corrected chi connectivity index (χ4v) is 7.58. The number of rotatable bonds is 5. The maximum atomic E-state index is 11.9. The third kappa shape index (κ3) is 10.5. The van der Waals surface area contributed by atoms with Crippen molar-refractivity contribution in [3.8, 4) is 5.75 Å². The number of nitrogens with two attached hydrogens (primary N) is 1. The minimum atomic E-state index is -0.250. The summed E-state index contributed by atoms with van der Waals surface area (Å²) in [5, 5.41) is 11.4. The maximum absolute atomic E-state index is 11.9. The number of carbonyl (C=O) groups excluding carboxylic acids is 3. The molecule has 3 aromatic heterocycles. The lowest BCUT2D eigenvalue weighted by Crippen LogP contribution is -2.21. The summed E-state index contributed by atoms with van der Waals surface area (Å²) in [6.07, 6.45) is 0. The van der Waals surface area contributed by atoms with Crippen LogP contribution in [-0.4, -0.2) is 91.2 Å². The number of halogens is 2.